The number of carboxylic acids is 2. The number of aliphatic hydroxyl groups excluding tert-OH is 2. The maximum atomic E-state index is 13.3. The zero-order chi connectivity index (χ0) is 89.0. The average Bonchev–Trinajstić information content (AvgIpc) is 1.62. The highest BCUT2D eigenvalue weighted by atomic mass is 16.6. The van der Waals surface area contributed by atoms with E-state index in [1.165, 1.54) is 30.6 Å². The Morgan fingerprint density at radius 2 is 0.792 bits per heavy atom. The Morgan fingerprint density at radius 1 is 0.464 bits per heavy atom. The molecule has 125 heavy (non-hydrogen) atoms. The second kappa shape index (κ2) is 53.8. The molecule has 0 aromatic heterocycles. The Labute approximate surface area is 735 Å². The summed E-state index contributed by atoms with van der Waals surface area (Å²) in [4.78, 5) is 134. The standard InChI is InChI=1S/C34H44N6O6.C20H19NO5.C18H32N4O5.C14H27N5O2.CH5N.3CH4/c1-3-23(18-37-39-33(44)36-17-21-12-14-22(15-13-21)31(42)35-2)38-32(43)30-16-24(41)19-40(30)34(45)46-20-29-27-10-6-4-8-25(27)26-9-5-7-11-28(26)29;22-12-9-18(19(23)24)21(10-12)20(25)26-11-17-15-7-3-1-5-13(15)14-6-2-4-8-16(14)17;1-5-14(21-17(26)27-18(2,3)4)11-20-22-16(25)19-10-12-6-8-13(9-7-12)15(23)24;1-3-12(15)9-18-19-14(21)17-8-10-4-6-11(7-5-10)13(20)16-2;1-2;;;/h4-11,18,21-24,29-30,41H,3,12-17,19-20H2,1-2H3,(H,35,42)(H,38,43)(H2,36,39,44);1-8,12,17-18,22H,9-11H2,(H,23,24);11-14H,5-10H2,1-4H3,(H,21,26)(H,23,24)(H2,19,22,25);9-12H,3-8,15H2,1-2H3,(H,16,20)(H2,17,19,21);2H2,1H3;3*1H4/b37-18+;;20-11+;18-9+;;;;/t21?,22?,23-,24+,30-;12-,18+;12?,13?,14-;10?,11?,12-;;;;/m0100..../s1. The van der Waals surface area contributed by atoms with Crippen molar-refractivity contribution in [2.45, 2.75) is 233 Å². The van der Waals surface area contributed by atoms with E-state index in [1.54, 1.807) is 34.9 Å². The summed E-state index contributed by atoms with van der Waals surface area (Å²) in [5.41, 5.74) is 25.6. The lowest BCUT2D eigenvalue weighted by Gasteiger charge is -2.27. The van der Waals surface area contributed by atoms with Crippen LogP contribution in [-0.4, -0.2) is 230 Å². The van der Waals surface area contributed by atoms with Gasteiger partial charge in [0.2, 0.25) is 17.7 Å². The summed E-state index contributed by atoms with van der Waals surface area (Å²) < 4.78 is 16.4. The average molecular weight is 1750 g/mol. The van der Waals surface area contributed by atoms with Gasteiger partial charge in [0.05, 0.1) is 43.3 Å². The molecule has 35 nitrogen and oxygen atoms in total. The first-order valence-corrected chi connectivity index (χ1v) is 42.3. The Balaban J connectivity index is 0.000000361. The van der Waals surface area contributed by atoms with Crippen molar-refractivity contribution in [3.63, 3.8) is 0 Å². The van der Waals surface area contributed by atoms with Crippen LogP contribution in [0.15, 0.2) is 112 Å². The lowest BCUT2D eigenvalue weighted by Crippen LogP contribution is -2.49. The highest BCUT2D eigenvalue weighted by Gasteiger charge is 2.43. The Kier molecular flexibility index (Phi) is 45.6. The van der Waals surface area contributed by atoms with Crippen LogP contribution < -0.4 is 65.0 Å². The molecular formula is C90H139N17O18. The van der Waals surface area contributed by atoms with E-state index in [9.17, 15) is 68.1 Å². The number of nitrogens with zero attached hydrogens (tertiary/aromatic N) is 5. The summed E-state index contributed by atoms with van der Waals surface area (Å²) in [6.45, 7) is 12.8. The van der Waals surface area contributed by atoms with E-state index >= 15 is 0 Å². The first-order chi connectivity index (χ1) is 58.5. The largest absolute Gasteiger partial charge is 0.481 e. The number of hydrogen-bond donors (Lipinski definition) is 16. The van der Waals surface area contributed by atoms with E-state index in [0.29, 0.717) is 57.2 Å². The number of rotatable bonds is 26. The molecule has 3 saturated carbocycles. The second-order valence-corrected chi connectivity index (χ2v) is 32.3. The summed E-state index contributed by atoms with van der Waals surface area (Å²) in [5, 5.41) is 69.2. The smallest absolute Gasteiger partial charge is 0.410 e. The van der Waals surface area contributed by atoms with Gasteiger partial charge >= 0.3 is 48.3 Å². The van der Waals surface area contributed by atoms with Gasteiger partial charge in [-0.05, 0) is 186 Å². The van der Waals surface area contributed by atoms with E-state index in [1.807, 2.05) is 106 Å². The van der Waals surface area contributed by atoms with Crippen LogP contribution in [0.4, 0.5) is 28.8 Å². The third-order valence-electron chi connectivity index (χ3n) is 22.7. The van der Waals surface area contributed by atoms with E-state index in [0.717, 1.165) is 120 Å². The molecule has 5 fully saturated rings. The number of urea groups is 3. The molecule has 692 valence electrons. The molecular weight excluding hydrogens is 1610 g/mol. The number of nitrogens with two attached hydrogens (primary N) is 2. The molecule has 2 aliphatic heterocycles. The molecule has 4 aromatic rings. The van der Waals surface area contributed by atoms with Crippen molar-refractivity contribution in [1.29, 1.82) is 0 Å². The molecule has 4 aromatic carbocycles. The van der Waals surface area contributed by atoms with Gasteiger partial charge in [-0.3, -0.25) is 29.0 Å². The van der Waals surface area contributed by atoms with Crippen molar-refractivity contribution in [3.05, 3.63) is 119 Å². The molecule has 7 atom stereocenters. The predicted octanol–water partition coefficient (Wildman–Crippen LogP) is 10.1. The fraction of sp³-hybridized carbons (Fsp3) is 0.578. The maximum Gasteiger partial charge on any atom is 0.410 e. The van der Waals surface area contributed by atoms with Gasteiger partial charge in [0, 0.05) is 94.9 Å². The number of carboxylic acid groups (broad SMARTS) is 2. The lowest BCUT2D eigenvalue weighted by atomic mass is 9.81. The number of carbonyl (C=O) groups is 11. The van der Waals surface area contributed by atoms with Crippen LogP contribution in [-0.2, 0) is 38.2 Å². The number of aliphatic hydroxyl groups is 2. The van der Waals surface area contributed by atoms with Crippen LogP contribution >= 0.6 is 0 Å². The lowest BCUT2D eigenvalue weighted by molar-refractivity contribution is -0.143. The van der Waals surface area contributed by atoms with Gasteiger partial charge in [0.1, 0.15) is 30.9 Å². The second-order valence-electron chi connectivity index (χ2n) is 32.3. The number of nitrogens with one attached hydrogen (secondary N) is 10. The first-order valence-electron chi connectivity index (χ1n) is 42.3. The molecule has 0 bridgehead atoms. The number of aliphatic carboxylic acids is 2. The molecule has 0 unspecified atom stereocenters. The molecule has 7 aliphatic rings. The van der Waals surface area contributed by atoms with Crippen molar-refractivity contribution in [2.24, 2.45) is 62.3 Å². The highest BCUT2D eigenvalue weighted by Crippen LogP contribution is 2.46. The number of fused-ring (bicyclic) bond motifs is 6. The Morgan fingerprint density at radius 3 is 1.12 bits per heavy atom. The van der Waals surface area contributed by atoms with Gasteiger partial charge in [-0.15, -0.1) is 0 Å². The fourth-order valence-electron chi connectivity index (χ4n) is 15.9. The number of amides is 12. The van der Waals surface area contributed by atoms with Crippen LogP contribution in [0.25, 0.3) is 22.3 Å². The van der Waals surface area contributed by atoms with Crippen LogP contribution in [0, 0.1) is 35.5 Å². The van der Waals surface area contributed by atoms with E-state index < -0.39 is 84.1 Å². The van der Waals surface area contributed by atoms with Crippen LogP contribution in [0.5, 0.6) is 0 Å². The van der Waals surface area contributed by atoms with E-state index in [-0.39, 0.29) is 127 Å². The number of alkyl carbamates (subject to hydrolysis) is 1. The van der Waals surface area contributed by atoms with Crippen LogP contribution in [0.2, 0.25) is 0 Å². The molecule has 12 amide bonds. The molecule has 18 N–H and O–H groups in total. The van der Waals surface area contributed by atoms with Crippen LogP contribution in [0.1, 0.15) is 207 Å². The van der Waals surface area contributed by atoms with E-state index in [4.69, 9.17) is 25.1 Å². The third kappa shape index (κ3) is 33.0. The number of benzene rings is 4. The number of carbonyl (C=O) groups excluding carboxylic acids is 9. The zero-order valence-electron chi connectivity index (χ0n) is 71.5. The molecule has 0 radical (unpaired) electrons. The van der Waals surface area contributed by atoms with Gasteiger partial charge in [-0.1, -0.05) is 140 Å². The molecule has 2 saturated heterocycles. The molecule has 35 heteroatoms. The summed E-state index contributed by atoms with van der Waals surface area (Å²) in [7, 11) is 4.82. The minimum Gasteiger partial charge on any atom is -0.481 e. The summed E-state index contributed by atoms with van der Waals surface area (Å²) >= 11 is 0. The normalized spacial score (nSPS) is 21.5. The van der Waals surface area contributed by atoms with Gasteiger partial charge in [-0.2, -0.15) is 15.3 Å². The minimum atomic E-state index is -1.13. The van der Waals surface area contributed by atoms with Gasteiger partial charge in [-0.25, -0.2) is 49.8 Å². The fourth-order valence-corrected chi connectivity index (χ4v) is 15.9. The number of ether oxygens (including phenoxy) is 3. The number of likely N-dealkylation sites (tertiary alicyclic amines) is 2. The SMILES string of the molecule is C.C.C.CC[C@@H](/C=N/NC(=O)NCC1CCC(C(=O)NC)CC1)NC(=O)[C@@H]1C[C@@H](O)CN1C(=O)OCC1c2ccccc2-c2ccccc21.CC[C@@H](/C=N/NC(=O)NCC1CCC(C(=O)O)CC1)NC(=O)OC(C)(C)C.CC[C@H](N)/C=N/NC(=O)NCC1CCC(C(=O)NC)CC1.CN.O=C(O)[C@@H]1C[C@@H](O)CN1C(=O)OCC1c2ccccc2-c2ccccc21. The topological polar surface area (TPSA) is 512 Å². The summed E-state index contributed by atoms with van der Waals surface area (Å²) in [5.74, 6) is -1.37. The zero-order valence-corrected chi connectivity index (χ0v) is 71.5. The van der Waals surface area contributed by atoms with Crippen molar-refractivity contribution < 1.29 is 87.4 Å². The molecule has 0 spiro atoms. The maximum absolute atomic E-state index is 13.3. The first kappa shape index (κ1) is 106. The van der Waals surface area contributed by atoms with Gasteiger partial charge in [0.25, 0.3) is 0 Å². The minimum absolute atomic E-state index is 0. The van der Waals surface area contributed by atoms with Crippen molar-refractivity contribution >= 4 is 84.7 Å². The van der Waals surface area contributed by atoms with Crippen molar-refractivity contribution in [1.82, 2.24) is 63.3 Å². The molecule has 5 aliphatic carbocycles. The quantitative estimate of drug-likeness (QED) is 0.0158. The summed E-state index contributed by atoms with van der Waals surface area (Å²) in [6.07, 6.45) is 12.7. The monoisotopic (exact) mass is 1750 g/mol. The number of β-amino-alcohol motifs (C(OH)–C–C–N with tert-alkyl or cyclic N) is 2. The number of hydrogen-bond acceptors (Lipinski definition) is 21. The predicted molar refractivity (Wildman–Crippen MR) is 481 cm³/mol. The Hall–Kier alpha value is -11.3. The highest BCUT2D eigenvalue weighted by molar-refractivity contribution is 5.89. The van der Waals surface area contributed by atoms with Crippen molar-refractivity contribution in [3.8, 4) is 22.3 Å². The summed E-state index contributed by atoms with van der Waals surface area (Å²) in [6, 6.07) is 28.0. The van der Waals surface area contributed by atoms with E-state index in [2.05, 4.69) is 86.7 Å². The molecule has 11 rings (SSSR count). The van der Waals surface area contributed by atoms with Gasteiger partial charge in [0.15, 0.2) is 0 Å². The van der Waals surface area contributed by atoms with Crippen LogP contribution in [0.3, 0.4) is 0 Å². The number of hydrazone groups is 3. The Bertz CT molecular complexity index is 4110. The third-order valence-corrected chi connectivity index (χ3v) is 22.7. The van der Waals surface area contributed by atoms with Crippen molar-refractivity contribution in [2.75, 3.05) is 67.1 Å². The van der Waals surface area contributed by atoms with Gasteiger partial charge < -0.3 is 83.3 Å². The molecule has 2 heterocycles.